The van der Waals surface area contributed by atoms with Crippen LogP contribution in [0.2, 0.25) is 0 Å². The first-order valence-corrected chi connectivity index (χ1v) is 3.13. The van der Waals surface area contributed by atoms with Crippen LogP contribution in [0.3, 0.4) is 0 Å². The molecule has 0 unspecified atom stereocenters. The first kappa shape index (κ1) is 17.2. The molecule has 0 aromatic heterocycles. The molecule has 0 aliphatic rings. The zero-order valence-electron chi connectivity index (χ0n) is 5.10. The third kappa shape index (κ3) is 39.8. The molecule has 0 fully saturated rings. The van der Waals surface area contributed by atoms with Crippen molar-refractivity contribution < 1.29 is 36.9 Å². The molecule has 0 rings (SSSR count). The van der Waals surface area contributed by atoms with Crippen molar-refractivity contribution in [3.63, 3.8) is 0 Å². The Morgan fingerprint density at radius 1 is 1.00 bits per heavy atom. The van der Waals surface area contributed by atoms with Crippen LogP contribution in [-0.4, -0.2) is 23.7 Å². The molecule has 0 saturated carbocycles. The molecule has 0 aromatic rings. The number of halogens is 2. The third-order valence-electron chi connectivity index (χ3n) is 0.218. The average molecular weight is 251 g/mol. The van der Waals surface area contributed by atoms with Crippen LogP contribution in [0.1, 0.15) is 0 Å². The van der Waals surface area contributed by atoms with Gasteiger partial charge in [-0.15, -0.1) is 23.2 Å². The molecule has 0 saturated heterocycles. The van der Waals surface area contributed by atoms with Crippen molar-refractivity contribution in [1.82, 2.24) is 0 Å². The van der Waals surface area contributed by atoms with E-state index in [0.29, 0.717) is 0 Å². The Kier molecular flexibility index (Phi) is 19.9. The Morgan fingerprint density at radius 3 is 1.09 bits per heavy atom. The van der Waals surface area contributed by atoms with Crippen LogP contribution in [0.4, 0.5) is 0 Å². The number of alkyl halides is 2. The summed E-state index contributed by atoms with van der Waals surface area (Å²) in [6.45, 7) is 0. The van der Waals surface area contributed by atoms with Gasteiger partial charge in [0, 0.05) is 0 Å². The van der Waals surface area contributed by atoms with Gasteiger partial charge < -0.3 is 19.8 Å². The van der Waals surface area contributed by atoms with Crippen molar-refractivity contribution in [2.24, 2.45) is 0 Å². The maximum atomic E-state index is 9.12. The molecule has 69 valence electrons. The number of hydrogen-bond donors (Lipinski definition) is 0. The van der Waals surface area contributed by atoms with E-state index in [1.54, 1.807) is 0 Å². The van der Waals surface area contributed by atoms with E-state index in [0.717, 1.165) is 0 Å². The monoisotopic (exact) mass is 249 g/mol. The Bertz CT molecular complexity index is 105. The molecule has 4 nitrogen and oxygen atoms in total. The van der Waals surface area contributed by atoms with Gasteiger partial charge in [-0.3, -0.25) is 0 Å². The second kappa shape index (κ2) is 12.7. The molecule has 0 aliphatic carbocycles. The van der Waals surface area contributed by atoms with Crippen molar-refractivity contribution in [1.29, 1.82) is 0 Å². The molecular formula is C4H4Cl2CuO4. The predicted octanol–water partition coefficient (Wildman–Crippen LogP) is -2.05. The maximum Gasteiger partial charge on any atom is 2.00 e. The molecule has 0 spiro atoms. The van der Waals surface area contributed by atoms with Crippen LogP contribution in [0, 0.1) is 0 Å². The van der Waals surface area contributed by atoms with Crippen LogP contribution in [0.5, 0.6) is 0 Å². The molecular weight excluding hydrogens is 246 g/mol. The van der Waals surface area contributed by atoms with Gasteiger partial charge in [0.25, 0.3) is 0 Å². The minimum absolute atomic E-state index is 0. The molecule has 0 aliphatic heterocycles. The van der Waals surface area contributed by atoms with Crippen molar-refractivity contribution in [3.05, 3.63) is 0 Å². The number of hydrogen-bond acceptors (Lipinski definition) is 4. The Morgan fingerprint density at radius 2 is 1.09 bits per heavy atom. The number of carbonyl (C=O) groups excluding carboxylic acids is 2. The Hall–Kier alpha value is 0.0395. The van der Waals surface area contributed by atoms with Gasteiger partial charge in [-0.05, 0) is 0 Å². The normalized spacial score (nSPS) is 6.73. The summed E-state index contributed by atoms with van der Waals surface area (Å²) in [6.07, 6.45) is 0. The molecule has 0 atom stereocenters. The molecule has 0 bridgehead atoms. The van der Waals surface area contributed by atoms with E-state index >= 15 is 0 Å². The number of carbonyl (C=O) groups is 2. The number of carboxylic acid groups (broad SMARTS) is 2. The summed E-state index contributed by atoms with van der Waals surface area (Å²) < 4.78 is 0. The van der Waals surface area contributed by atoms with Gasteiger partial charge in [0.05, 0.1) is 23.7 Å². The largest absolute Gasteiger partial charge is 2.00 e. The van der Waals surface area contributed by atoms with Gasteiger partial charge >= 0.3 is 17.1 Å². The molecule has 0 aromatic carbocycles. The van der Waals surface area contributed by atoms with Crippen molar-refractivity contribution >= 4 is 35.1 Å². The third-order valence-corrected chi connectivity index (χ3v) is 0.655. The summed E-state index contributed by atoms with van der Waals surface area (Å²) in [7, 11) is 0. The van der Waals surface area contributed by atoms with Crippen LogP contribution < -0.4 is 10.2 Å². The van der Waals surface area contributed by atoms with Crippen LogP contribution in [-0.2, 0) is 26.7 Å². The van der Waals surface area contributed by atoms with E-state index in [4.69, 9.17) is 19.8 Å². The van der Waals surface area contributed by atoms with Crippen molar-refractivity contribution in [2.45, 2.75) is 0 Å². The molecule has 0 amide bonds. The first-order chi connectivity index (χ1) is 4.54. The summed E-state index contributed by atoms with van der Waals surface area (Å²) in [5, 5.41) is 18.2. The topological polar surface area (TPSA) is 80.3 Å². The smallest absolute Gasteiger partial charge is 0.549 e. The second-order valence-electron chi connectivity index (χ2n) is 1.01. The van der Waals surface area contributed by atoms with Gasteiger partial charge in [0.2, 0.25) is 0 Å². The van der Waals surface area contributed by atoms with E-state index in [1.165, 1.54) is 0 Å². The van der Waals surface area contributed by atoms with E-state index in [1.807, 2.05) is 0 Å². The van der Waals surface area contributed by atoms with Gasteiger partial charge in [-0.1, -0.05) is 0 Å². The van der Waals surface area contributed by atoms with Crippen molar-refractivity contribution in [3.8, 4) is 0 Å². The number of rotatable bonds is 2. The standard InChI is InChI=1S/2C2H3ClO2.Cu/c2*3-1-2(4)5;/h2*1H2,(H,4,5);/q;;+2/p-2. The maximum absolute atomic E-state index is 9.12. The van der Waals surface area contributed by atoms with E-state index < -0.39 is 23.7 Å². The summed E-state index contributed by atoms with van der Waals surface area (Å²) in [5.74, 6) is -3.29. The zero-order valence-corrected chi connectivity index (χ0v) is 7.56. The molecule has 0 heterocycles. The Labute approximate surface area is 84.0 Å². The molecule has 11 heavy (non-hydrogen) atoms. The molecule has 1 radical (unpaired) electrons. The van der Waals surface area contributed by atoms with Crippen molar-refractivity contribution in [2.75, 3.05) is 11.8 Å². The van der Waals surface area contributed by atoms with Gasteiger partial charge in [0.15, 0.2) is 0 Å². The second-order valence-corrected chi connectivity index (χ2v) is 1.55. The van der Waals surface area contributed by atoms with Crippen LogP contribution in [0.25, 0.3) is 0 Å². The van der Waals surface area contributed by atoms with E-state index in [-0.39, 0.29) is 17.1 Å². The van der Waals surface area contributed by atoms with Gasteiger partial charge in [-0.2, -0.15) is 0 Å². The molecule has 7 heteroatoms. The summed E-state index contributed by atoms with van der Waals surface area (Å²) in [6, 6.07) is 0. The van der Waals surface area contributed by atoms with Crippen LogP contribution in [0.15, 0.2) is 0 Å². The summed E-state index contributed by atoms with van der Waals surface area (Å²) in [4.78, 5) is 18.2. The van der Waals surface area contributed by atoms with Gasteiger partial charge in [0.1, 0.15) is 0 Å². The zero-order chi connectivity index (χ0) is 8.57. The molecule has 0 N–H and O–H groups in total. The minimum atomic E-state index is -1.23. The number of aliphatic carboxylic acids is 2. The van der Waals surface area contributed by atoms with Crippen LogP contribution >= 0.6 is 23.2 Å². The number of carboxylic acids is 2. The predicted molar refractivity (Wildman–Crippen MR) is 31.5 cm³/mol. The SMILES string of the molecule is O=C([O-])CCl.O=C([O-])CCl.[Cu+2]. The summed E-state index contributed by atoms with van der Waals surface area (Å²) >= 11 is 9.35. The Balaban J connectivity index is -0.000000107. The summed E-state index contributed by atoms with van der Waals surface area (Å²) in [5.41, 5.74) is 0. The average Bonchev–Trinajstić information content (AvgIpc) is 1.89. The fraction of sp³-hybridized carbons (Fsp3) is 0.500. The fourth-order valence-corrected chi connectivity index (χ4v) is 0. The van der Waals surface area contributed by atoms with E-state index in [9.17, 15) is 0 Å². The van der Waals surface area contributed by atoms with E-state index in [2.05, 4.69) is 23.2 Å². The fourth-order valence-electron chi connectivity index (χ4n) is 0. The first-order valence-electron chi connectivity index (χ1n) is 2.06. The van der Waals surface area contributed by atoms with Gasteiger partial charge in [-0.25, -0.2) is 0 Å². The minimum Gasteiger partial charge on any atom is -0.549 e. The quantitative estimate of drug-likeness (QED) is 0.417.